The van der Waals surface area contributed by atoms with Gasteiger partial charge < -0.3 is 4.74 Å². The van der Waals surface area contributed by atoms with E-state index in [4.69, 9.17) is 4.74 Å². The fourth-order valence-electron chi connectivity index (χ4n) is 1.35. The highest BCUT2D eigenvalue weighted by molar-refractivity contribution is 9.10. The normalized spacial score (nSPS) is 11.4. The highest BCUT2D eigenvalue weighted by atomic mass is 79.9. The predicted molar refractivity (Wildman–Crippen MR) is 73.7 cm³/mol. The predicted octanol–water partition coefficient (Wildman–Crippen LogP) is 4.47. The first-order valence-electron chi connectivity index (χ1n) is 5.73. The average molecular weight is 299 g/mol. The van der Waals surface area contributed by atoms with Crippen molar-refractivity contribution in [2.24, 2.45) is 5.41 Å². The summed E-state index contributed by atoms with van der Waals surface area (Å²) in [6.07, 6.45) is 0.999. The molecule has 0 saturated heterocycles. The maximum Gasteiger partial charge on any atom is 0.160 e. The summed E-state index contributed by atoms with van der Waals surface area (Å²) in [4.78, 5) is 11.3. The van der Waals surface area contributed by atoms with Crippen molar-refractivity contribution in [1.29, 1.82) is 0 Å². The molecular weight excluding hydrogens is 280 g/mol. The number of halogens is 1. The van der Waals surface area contributed by atoms with Gasteiger partial charge in [0.2, 0.25) is 0 Å². The number of carbonyl (C=O) groups is 1. The number of carbonyl (C=O) groups excluding carboxylic acids is 1. The molecule has 3 heteroatoms. The smallest absolute Gasteiger partial charge is 0.160 e. The van der Waals surface area contributed by atoms with Crippen LogP contribution in [-0.2, 0) is 0 Å². The summed E-state index contributed by atoms with van der Waals surface area (Å²) in [6.45, 7) is 8.80. The molecule has 0 aliphatic carbocycles. The molecule has 0 heterocycles. The Morgan fingerprint density at radius 1 is 1.35 bits per heavy atom. The minimum Gasteiger partial charge on any atom is -0.494 e. The van der Waals surface area contributed by atoms with Gasteiger partial charge in [0.15, 0.2) is 5.78 Å². The van der Waals surface area contributed by atoms with E-state index in [1.807, 2.05) is 12.1 Å². The lowest BCUT2D eigenvalue weighted by molar-refractivity contribution is 0.101. The van der Waals surface area contributed by atoms with Gasteiger partial charge in [-0.3, -0.25) is 4.79 Å². The van der Waals surface area contributed by atoms with Crippen LogP contribution in [-0.4, -0.2) is 12.4 Å². The zero-order valence-electron chi connectivity index (χ0n) is 10.8. The number of hydrogen-bond acceptors (Lipinski definition) is 2. The average Bonchev–Trinajstić information content (AvgIpc) is 2.15. The van der Waals surface area contributed by atoms with Crippen LogP contribution in [0.1, 0.15) is 44.5 Å². The highest BCUT2D eigenvalue weighted by Crippen LogP contribution is 2.25. The SMILES string of the molecule is CC(=O)c1ccc(OCCC(C)(C)C)cc1Br. The summed E-state index contributed by atoms with van der Waals surface area (Å²) < 4.78 is 6.45. The molecule has 0 aromatic heterocycles. The highest BCUT2D eigenvalue weighted by Gasteiger charge is 2.11. The summed E-state index contributed by atoms with van der Waals surface area (Å²) in [5.41, 5.74) is 0.962. The Kier molecular flexibility index (Phi) is 4.75. The topological polar surface area (TPSA) is 26.3 Å². The van der Waals surface area contributed by atoms with E-state index in [-0.39, 0.29) is 11.2 Å². The fourth-order valence-corrected chi connectivity index (χ4v) is 1.98. The molecule has 0 unspecified atom stereocenters. The molecule has 0 aliphatic heterocycles. The maximum absolute atomic E-state index is 11.3. The van der Waals surface area contributed by atoms with Crippen LogP contribution in [0.25, 0.3) is 0 Å². The van der Waals surface area contributed by atoms with Crippen molar-refractivity contribution in [1.82, 2.24) is 0 Å². The molecule has 0 spiro atoms. The van der Waals surface area contributed by atoms with Crippen molar-refractivity contribution in [3.63, 3.8) is 0 Å². The van der Waals surface area contributed by atoms with Gasteiger partial charge in [0.05, 0.1) is 6.61 Å². The van der Waals surface area contributed by atoms with Crippen LogP contribution in [0.15, 0.2) is 22.7 Å². The number of benzene rings is 1. The Morgan fingerprint density at radius 2 is 2.00 bits per heavy atom. The first-order chi connectivity index (χ1) is 7.79. The van der Waals surface area contributed by atoms with E-state index in [0.29, 0.717) is 12.2 Å². The third kappa shape index (κ3) is 4.90. The molecule has 0 radical (unpaired) electrons. The quantitative estimate of drug-likeness (QED) is 0.767. The summed E-state index contributed by atoms with van der Waals surface area (Å²) in [6, 6.07) is 5.47. The second-order valence-corrected chi connectivity index (χ2v) is 6.21. The summed E-state index contributed by atoms with van der Waals surface area (Å²) in [5, 5.41) is 0. The van der Waals surface area contributed by atoms with E-state index in [9.17, 15) is 4.79 Å². The number of ketones is 1. The van der Waals surface area contributed by atoms with Gasteiger partial charge in [0.1, 0.15) is 5.75 Å². The van der Waals surface area contributed by atoms with Crippen molar-refractivity contribution < 1.29 is 9.53 Å². The fraction of sp³-hybridized carbons (Fsp3) is 0.500. The summed E-state index contributed by atoms with van der Waals surface area (Å²) >= 11 is 3.38. The van der Waals surface area contributed by atoms with E-state index in [0.717, 1.165) is 16.6 Å². The largest absolute Gasteiger partial charge is 0.494 e. The lowest BCUT2D eigenvalue weighted by atomic mass is 9.93. The molecule has 2 nitrogen and oxygen atoms in total. The molecule has 1 aromatic rings. The van der Waals surface area contributed by atoms with Crippen LogP contribution in [0.4, 0.5) is 0 Å². The van der Waals surface area contributed by atoms with Gasteiger partial charge in [0.25, 0.3) is 0 Å². The molecule has 1 aromatic carbocycles. The lowest BCUT2D eigenvalue weighted by Crippen LogP contribution is -2.11. The Bertz CT molecular complexity index is 405. The Labute approximate surface area is 111 Å². The van der Waals surface area contributed by atoms with Crippen molar-refractivity contribution in [2.45, 2.75) is 34.1 Å². The third-order valence-electron chi connectivity index (χ3n) is 2.44. The molecular formula is C14H19BrO2. The molecule has 0 amide bonds. The number of ether oxygens (including phenoxy) is 1. The van der Waals surface area contributed by atoms with Crippen molar-refractivity contribution in [3.8, 4) is 5.75 Å². The monoisotopic (exact) mass is 298 g/mol. The van der Waals surface area contributed by atoms with E-state index < -0.39 is 0 Å². The zero-order chi connectivity index (χ0) is 13.1. The maximum atomic E-state index is 11.3. The lowest BCUT2D eigenvalue weighted by Gasteiger charge is -2.18. The van der Waals surface area contributed by atoms with Gasteiger partial charge in [-0.25, -0.2) is 0 Å². The summed E-state index contributed by atoms with van der Waals surface area (Å²) in [7, 11) is 0. The van der Waals surface area contributed by atoms with Crippen LogP contribution < -0.4 is 4.74 Å². The van der Waals surface area contributed by atoms with Gasteiger partial charge in [-0.15, -0.1) is 0 Å². The van der Waals surface area contributed by atoms with E-state index in [2.05, 4.69) is 36.7 Å². The second-order valence-electron chi connectivity index (χ2n) is 5.36. The van der Waals surface area contributed by atoms with Crippen LogP contribution in [0.5, 0.6) is 5.75 Å². The third-order valence-corrected chi connectivity index (χ3v) is 3.10. The van der Waals surface area contributed by atoms with E-state index in [1.54, 1.807) is 13.0 Å². The molecule has 0 atom stereocenters. The Balaban J connectivity index is 2.62. The molecule has 17 heavy (non-hydrogen) atoms. The van der Waals surface area contributed by atoms with Gasteiger partial charge in [0, 0.05) is 10.0 Å². The van der Waals surface area contributed by atoms with Crippen LogP contribution >= 0.6 is 15.9 Å². The molecule has 1 rings (SSSR count). The Morgan fingerprint density at radius 3 is 2.47 bits per heavy atom. The first-order valence-corrected chi connectivity index (χ1v) is 6.52. The van der Waals surface area contributed by atoms with Crippen LogP contribution in [0, 0.1) is 5.41 Å². The van der Waals surface area contributed by atoms with Gasteiger partial charge in [-0.05, 0) is 52.9 Å². The van der Waals surface area contributed by atoms with E-state index in [1.165, 1.54) is 0 Å². The van der Waals surface area contributed by atoms with Crippen LogP contribution in [0.2, 0.25) is 0 Å². The second kappa shape index (κ2) is 5.67. The number of rotatable bonds is 4. The van der Waals surface area contributed by atoms with Crippen molar-refractivity contribution in [3.05, 3.63) is 28.2 Å². The molecule has 0 bridgehead atoms. The van der Waals surface area contributed by atoms with Gasteiger partial charge in [-0.2, -0.15) is 0 Å². The van der Waals surface area contributed by atoms with Gasteiger partial charge >= 0.3 is 0 Å². The Hall–Kier alpha value is -0.830. The minimum absolute atomic E-state index is 0.0538. The number of hydrogen-bond donors (Lipinski definition) is 0. The standard InChI is InChI=1S/C14H19BrO2/c1-10(16)12-6-5-11(9-13(12)15)17-8-7-14(2,3)4/h5-6,9H,7-8H2,1-4H3. The minimum atomic E-state index is 0.0538. The first kappa shape index (κ1) is 14.2. The van der Waals surface area contributed by atoms with Crippen molar-refractivity contribution >= 4 is 21.7 Å². The number of Topliss-reactive ketones (excluding diaryl/α,β-unsaturated/α-hetero) is 1. The van der Waals surface area contributed by atoms with Crippen LogP contribution in [0.3, 0.4) is 0 Å². The molecule has 0 saturated carbocycles. The van der Waals surface area contributed by atoms with E-state index >= 15 is 0 Å². The molecule has 0 aliphatic rings. The van der Waals surface area contributed by atoms with Gasteiger partial charge in [-0.1, -0.05) is 20.8 Å². The molecule has 0 N–H and O–H groups in total. The van der Waals surface area contributed by atoms with Crippen molar-refractivity contribution in [2.75, 3.05) is 6.61 Å². The zero-order valence-corrected chi connectivity index (χ0v) is 12.4. The molecule has 94 valence electrons. The molecule has 0 fully saturated rings. The summed E-state index contributed by atoms with van der Waals surface area (Å²) in [5.74, 6) is 0.851.